The van der Waals surface area contributed by atoms with Gasteiger partial charge in [-0.1, -0.05) is 91.0 Å². The minimum atomic E-state index is 0.617. The Morgan fingerprint density at radius 3 is 1.80 bits per heavy atom. The summed E-state index contributed by atoms with van der Waals surface area (Å²) in [5.41, 5.74) is 2.79. The van der Waals surface area contributed by atoms with Crippen molar-refractivity contribution in [3.05, 3.63) is 127 Å². The first kappa shape index (κ1) is 21.0. The fraction of sp³-hybridized carbons (Fsp3) is 0. The lowest BCUT2D eigenvalue weighted by molar-refractivity contribution is -0.335. The lowest BCUT2D eigenvalue weighted by Gasteiger charge is -2.23. The molecule has 5 nitrogen and oxygen atoms in total. The first-order valence-electron chi connectivity index (χ1n) is 11.4. The number of hydrogen-bond acceptors (Lipinski definition) is 5. The Balaban J connectivity index is 1.36. The van der Waals surface area contributed by atoms with Crippen molar-refractivity contribution in [2.75, 3.05) is 0 Å². The van der Waals surface area contributed by atoms with Crippen LogP contribution in [0.3, 0.4) is 0 Å². The highest BCUT2D eigenvalue weighted by Crippen LogP contribution is 2.31. The number of benzene rings is 6. The van der Waals surface area contributed by atoms with Gasteiger partial charge >= 0.3 is 0 Å². The standard InChI is InChI=1S/C30H22N2O3/c1-2-15-26(16-3-1)33-31-32(34-29-18-8-13-22-10-6-7-17-27(22)29)35-30-19-9-14-25-20-23-11-4-5-12-24(23)21-28(25)30/h1-21,31H. The molecule has 0 aliphatic rings. The highest BCUT2D eigenvalue weighted by atomic mass is 17.0. The number of nitrogens with zero attached hydrogens (tertiary/aromatic N) is 1. The summed E-state index contributed by atoms with van der Waals surface area (Å²) in [5.74, 6) is 1.86. The lowest BCUT2D eigenvalue weighted by Crippen LogP contribution is -2.45. The van der Waals surface area contributed by atoms with E-state index in [9.17, 15) is 0 Å². The van der Waals surface area contributed by atoms with Gasteiger partial charge in [0.2, 0.25) is 0 Å². The summed E-state index contributed by atoms with van der Waals surface area (Å²) in [5, 5.41) is 7.48. The van der Waals surface area contributed by atoms with E-state index in [-0.39, 0.29) is 0 Å². The van der Waals surface area contributed by atoms with E-state index < -0.39 is 0 Å². The van der Waals surface area contributed by atoms with E-state index in [0.717, 1.165) is 32.3 Å². The van der Waals surface area contributed by atoms with Crippen LogP contribution in [0.4, 0.5) is 0 Å². The molecule has 35 heavy (non-hydrogen) atoms. The first-order valence-corrected chi connectivity index (χ1v) is 11.4. The zero-order valence-corrected chi connectivity index (χ0v) is 18.8. The monoisotopic (exact) mass is 458 g/mol. The highest BCUT2D eigenvalue weighted by Gasteiger charge is 2.15. The van der Waals surface area contributed by atoms with Gasteiger partial charge in [0.15, 0.2) is 11.5 Å². The molecule has 5 heteroatoms. The van der Waals surface area contributed by atoms with Crippen LogP contribution in [0.15, 0.2) is 127 Å². The minimum Gasteiger partial charge on any atom is -0.388 e. The van der Waals surface area contributed by atoms with Crippen LogP contribution in [0.5, 0.6) is 17.2 Å². The van der Waals surface area contributed by atoms with Gasteiger partial charge in [0.1, 0.15) is 11.1 Å². The maximum absolute atomic E-state index is 6.23. The molecule has 0 heterocycles. The second-order valence-electron chi connectivity index (χ2n) is 8.10. The predicted molar refractivity (Wildman–Crippen MR) is 139 cm³/mol. The second kappa shape index (κ2) is 9.35. The summed E-state index contributed by atoms with van der Waals surface area (Å²) in [6.07, 6.45) is 0. The van der Waals surface area contributed by atoms with E-state index in [1.54, 1.807) is 0 Å². The van der Waals surface area contributed by atoms with Crippen molar-refractivity contribution in [2.24, 2.45) is 0 Å². The predicted octanol–water partition coefficient (Wildman–Crippen LogP) is 7.23. The van der Waals surface area contributed by atoms with E-state index >= 15 is 0 Å². The molecule has 1 N–H and O–H groups in total. The maximum Gasteiger partial charge on any atom is 0.161 e. The van der Waals surface area contributed by atoms with Crippen molar-refractivity contribution in [2.45, 2.75) is 0 Å². The normalized spacial score (nSPS) is 11.2. The number of fused-ring (bicyclic) bond motifs is 3. The van der Waals surface area contributed by atoms with Crippen molar-refractivity contribution in [1.82, 2.24) is 10.9 Å². The Morgan fingerprint density at radius 1 is 0.457 bits per heavy atom. The molecule has 6 rings (SSSR count). The molecule has 0 atom stereocenters. The van der Waals surface area contributed by atoms with Crippen LogP contribution >= 0.6 is 0 Å². The van der Waals surface area contributed by atoms with Gasteiger partial charge in [-0.2, -0.15) is 0 Å². The molecule has 0 spiro atoms. The SMILES string of the molecule is c1ccc(ONN(Oc2cccc3ccccc23)Oc2cccc3cc4ccccc4cc23)cc1. The van der Waals surface area contributed by atoms with E-state index in [0.29, 0.717) is 17.2 Å². The molecule has 0 unspecified atom stereocenters. The summed E-state index contributed by atoms with van der Waals surface area (Å²) in [7, 11) is 0. The molecular formula is C30H22N2O3. The Labute approximate surface area is 202 Å². The van der Waals surface area contributed by atoms with Crippen LogP contribution in [0.2, 0.25) is 0 Å². The third kappa shape index (κ3) is 4.46. The van der Waals surface area contributed by atoms with Gasteiger partial charge in [-0.15, -0.1) is 0 Å². The van der Waals surface area contributed by atoms with Crippen molar-refractivity contribution in [1.29, 1.82) is 0 Å². The van der Waals surface area contributed by atoms with Gasteiger partial charge in [-0.05, 0) is 63.5 Å². The summed E-state index contributed by atoms with van der Waals surface area (Å²) >= 11 is 0. The molecule has 6 aromatic rings. The Hall–Kier alpha value is -4.58. The Kier molecular flexibility index (Phi) is 5.60. The largest absolute Gasteiger partial charge is 0.388 e. The van der Waals surface area contributed by atoms with Crippen LogP contribution in [-0.2, 0) is 0 Å². The molecule has 0 bridgehead atoms. The van der Waals surface area contributed by atoms with Crippen molar-refractivity contribution in [3.8, 4) is 17.2 Å². The molecule has 6 aromatic carbocycles. The number of nitrogens with one attached hydrogen (secondary N) is 1. The molecular weight excluding hydrogens is 436 g/mol. The summed E-state index contributed by atoms with van der Waals surface area (Å²) in [6.45, 7) is 0. The molecule has 0 aliphatic carbocycles. The van der Waals surface area contributed by atoms with E-state index in [2.05, 4.69) is 35.9 Å². The lowest BCUT2D eigenvalue weighted by atomic mass is 10.0. The molecule has 170 valence electrons. The minimum absolute atomic E-state index is 0.617. The third-order valence-electron chi connectivity index (χ3n) is 5.80. The molecule has 0 aromatic heterocycles. The van der Waals surface area contributed by atoms with Gasteiger partial charge < -0.3 is 14.5 Å². The van der Waals surface area contributed by atoms with Crippen molar-refractivity contribution in [3.63, 3.8) is 0 Å². The zero-order valence-electron chi connectivity index (χ0n) is 18.8. The quantitative estimate of drug-likeness (QED) is 0.202. The average Bonchev–Trinajstić information content (AvgIpc) is 2.91. The van der Waals surface area contributed by atoms with Gasteiger partial charge in [0, 0.05) is 10.8 Å². The van der Waals surface area contributed by atoms with E-state index in [1.165, 1.54) is 5.39 Å². The highest BCUT2D eigenvalue weighted by molar-refractivity contribution is 6.00. The second-order valence-corrected chi connectivity index (χ2v) is 8.10. The van der Waals surface area contributed by atoms with Gasteiger partial charge in [0.25, 0.3) is 0 Å². The molecule has 0 saturated heterocycles. The smallest absolute Gasteiger partial charge is 0.161 e. The summed E-state index contributed by atoms with van der Waals surface area (Å²) in [4.78, 5) is 18.1. The van der Waals surface area contributed by atoms with Crippen LogP contribution < -0.4 is 20.1 Å². The summed E-state index contributed by atoms with van der Waals surface area (Å²) in [6, 6.07) is 41.7. The van der Waals surface area contributed by atoms with Gasteiger partial charge in [0.05, 0.1) is 0 Å². The van der Waals surface area contributed by atoms with Gasteiger partial charge in [-0.25, -0.2) is 0 Å². The number of hydrazine groups is 1. The average molecular weight is 459 g/mol. The fourth-order valence-corrected chi connectivity index (χ4v) is 4.11. The molecule has 0 fully saturated rings. The van der Waals surface area contributed by atoms with Crippen LogP contribution in [0, 0.1) is 0 Å². The van der Waals surface area contributed by atoms with Crippen molar-refractivity contribution >= 4 is 32.3 Å². The van der Waals surface area contributed by atoms with E-state index in [1.807, 2.05) is 97.1 Å². The maximum atomic E-state index is 6.23. The topological polar surface area (TPSA) is 43.0 Å². The molecule has 0 aliphatic heterocycles. The zero-order chi connectivity index (χ0) is 23.5. The van der Waals surface area contributed by atoms with Crippen LogP contribution in [0.1, 0.15) is 0 Å². The van der Waals surface area contributed by atoms with Crippen LogP contribution in [0.25, 0.3) is 32.3 Å². The number of hydrogen-bond donors (Lipinski definition) is 1. The Morgan fingerprint density at radius 2 is 1.03 bits per heavy atom. The van der Waals surface area contributed by atoms with Crippen molar-refractivity contribution < 1.29 is 14.5 Å². The number of rotatable bonds is 7. The third-order valence-corrected chi connectivity index (χ3v) is 5.80. The number of para-hydroxylation sites is 1. The fourth-order valence-electron chi connectivity index (χ4n) is 4.11. The van der Waals surface area contributed by atoms with Gasteiger partial charge in [-0.3, -0.25) is 0 Å². The molecule has 0 saturated carbocycles. The Bertz CT molecular complexity index is 1610. The molecule has 0 amide bonds. The first-order chi connectivity index (χ1) is 17.3. The van der Waals surface area contributed by atoms with E-state index in [4.69, 9.17) is 14.5 Å². The summed E-state index contributed by atoms with van der Waals surface area (Å²) < 4.78 is 0. The van der Waals surface area contributed by atoms with Crippen LogP contribution in [-0.4, -0.2) is 5.34 Å². The molecule has 0 radical (unpaired) electrons.